The zero-order valence-corrected chi connectivity index (χ0v) is 19.8. The number of hydrogen-bond donors (Lipinski definition) is 0. The van der Waals surface area contributed by atoms with Gasteiger partial charge in [0.05, 0.1) is 22.7 Å². The van der Waals surface area contributed by atoms with Crippen molar-refractivity contribution in [2.45, 2.75) is 6.92 Å². The first-order valence-electron chi connectivity index (χ1n) is 12.1. The Kier molecular flexibility index (Phi) is 4.71. The minimum atomic E-state index is -0.260. The highest BCUT2D eigenvalue weighted by atomic mass is 16.5. The number of benzene rings is 4. The van der Waals surface area contributed by atoms with E-state index in [1.165, 1.54) is 5.56 Å². The van der Waals surface area contributed by atoms with E-state index < -0.39 is 0 Å². The minimum absolute atomic E-state index is 0.260. The maximum absolute atomic E-state index is 6.61. The molecule has 0 atom stereocenters. The van der Waals surface area contributed by atoms with E-state index in [-0.39, 0.29) is 7.12 Å². The molecule has 0 amide bonds. The molecule has 6 heteroatoms. The van der Waals surface area contributed by atoms with Gasteiger partial charge in [0, 0.05) is 11.9 Å². The fraction of sp³-hybridized carbons (Fsp3) is 0.0333. The number of fused-ring (bicyclic) bond motifs is 6. The van der Waals surface area contributed by atoms with Crippen molar-refractivity contribution in [3.05, 3.63) is 127 Å². The Morgan fingerprint density at radius 2 is 1.22 bits per heavy atom. The van der Waals surface area contributed by atoms with Crippen molar-refractivity contribution in [2.75, 3.05) is 14.4 Å². The first-order valence-corrected chi connectivity index (χ1v) is 12.1. The number of pyridine rings is 1. The maximum atomic E-state index is 6.61. The Bertz CT molecular complexity index is 1560. The first kappa shape index (κ1) is 20.6. The van der Waals surface area contributed by atoms with Gasteiger partial charge in [0.25, 0.3) is 0 Å². The number of para-hydroxylation sites is 6. The molecular formula is C30H23BN4O. The highest BCUT2D eigenvalue weighted by Gasteiger charge is 2.51. The van der Waals surface area contributed by atoms with Gasteiger partial charge in [-0.25, -0.2) is 4.98 Å². The molecule has 0 unspecified atom stereocenters. The smallest absolute Gasteiger partial charge is 0.453 e. The van der Waals surface area contributed by atoms with Gasteiger partial charge < -0.3 is 19.2 Å². The van der Waals surface area contributed by atoms with E-state index in [9.17, 15) is 0 Å². The van der Waals surface area contributed by atoms with Crippen molar-refractivity contribution in [3.63, 3.8) is 0 Å². The second kappa shape index (κ2) is 8.20. The molecule has 172 valence electrons. The standard InChI is InChI=1S/C30H23BN4O/c1-22-12-11-17-26-30(22)35(29-20-9-10-21-32-29)31-33(23-13-3-2-4-14-23)24-15-5-7-18-27(24)36-28-19-8-6-16-25(28)34(26)31/h2-21H,1H3. The van der Waals surface area contributed by atoms with Crippen LogP contribution in [0.1, 0.15) is 5.56 Å². The van der Waals surface area contributed by atoms with Crippen molar-refractivity contribution in [1.29, 1.82) is 0 Å². The maximum Gasteiger partial charge on any atom is 0.520 e. The van der Waals surface area contributed by atoms with Crippen LogP contribution < -0.4 is 19.2 Å². The Balaban J connectivity index is 1.60. The minimum Gasteiger partial charge on any atom is -0.453 e. The molecule has 5 nitrogen and oxygen atoms in total. The van der Waals surface area contributed by atoms with E-state index in [2.05, 4.69) is 94.2 Å². The Morgan fingerprint density at radius 1 is 0.583 bits per heavy atom. The summed E-state index contributed by atoms with van der Waals surface area (Å²) in [5.74, 6) is 2.51. The SMILES string of the molecule is Cc1cccc2c1N(c1ccccn1)B1N(c3ccccc3)c3ccccc3Oc3ccccc3N12. The molecular weight excluding hydrogens is 443 g/mol. The summed E-state index contributed by atoms with van der Waals surface area (Å²) in [6, 6.07) is 39.6. The molecule has 0 aliphatic carbocycles. The molecule has 36 heavy (non-hydrogen) atoms. The third-order valence-corrected chi connectivity index (χ3v) is 6.81. The Labute approximate surface area is 211 Å². The van der Waals surface area contributed by atoms with Crippen LogP contribution in [0.4, 0.5) is 34.3 Å². The van der Waals surface area contributed by atoms with Crippen molar-refractivity contribution >= 4 is 41.4 Å². The van der Waals surface area contributed by atoms with Gasteiger partial charge in [0.2, 0.25) is 0 Å². The van der Waals surface area contributed by atoms with Gasteiger partial charge in [-0.3, -0.25) is 0 Å². The van der Waals surface area contributed by atoms with Gasteiger partial charge in [0.1, 0.15) is 17.3 Å². The summed E-state index contributed by atoms with van der Waals surface area (Å²) >= 11 is 0. The number of nitrogens with zero attached hydrogens (tertiary/aromatic N) is 4. The number of aromatic nitrogens is 1. The van der Waals surface area contributed by atoms with E-state index in [4.69, 9.17) is 9.72 Å². The first-order chi connectivity index (χ1) is 17.8. The normalized spacial score (nSPS) is 13.7. The molecule has 2 aliphatic heterocycles. The molecule has 0 fully saturated rings. The predicted octanol–water partition coefficient (Wildman–Crippen LogP) is 7.61. The van der Waals surface area contributed by atoms with Gasteiger partial charge in [-0.1, -0.05) is 60.7 Å². The van der Waals surface area contributed by atoms with Gasteiger partial charge in [-0.05, 0) is 67.1 Å². The van der Waals surface area contributed by atoms with Gasteiger partial charge in [0.15, 0.2) is 0 Å². The van der Waals surface area contributed by atoms with E-state index in [1.807, 2.05) is 48.7 Å². The fourth-order valence-corrected chi connectivity index (χ4v) is 5.31. The zero-order chi connectivity index (χ0) is 24.1. The number of rotatable bonds is 2. The predicted molar refractivity (Wildman–Crippen MR) is 147 cm³/mol. The lowest BCUT2D eigenvalue weighted by atomic mass is 9.82. The molecule has 0 spiro atoms. The van der Waals surface area contributed by atoms with E-state index in [0.29, 0.717) is 0 Å². The summed E-state index contributed by atoms with van der Waals surface area (Å²) < 4.78 is 6.61. The van der Waals surface area contributed by atoms with Crippen molar-refractivity contribution < 1.29 is 4.74 Å². The monoisotopic (exact) mass is 466 g/mol. The van der Waals surface area contributed by atoms with Crippen LogP contribution in [0.2, 0.25) is 0 Å². The average molecular weight is 466 g/mol. The Hall–Kier alpha value is -4.71. The van der Waals surface area contributed by atoms with Crippen LogP contribution in [0.3, 0.4) is 0 Å². The topological polar surface area (TPSA) is 31.8 Å². The van der Waals surface area contributed by atoms with Gasteiger partial charge >= 0.3 is 7.12 Å². The zero-order valence-electron chi connectivity index (χ0n) is 19.8. The largest absolute Gasteiger partial charge is 0.520 e. The van der Waals surface area contributed by atoms with Gasteiger partial charge in [-0.15, -0.1) is 0 Å². The summed E-state index contributed by atoms with van der Waals surface area (Å²) in [4.78, 5) is 11.9. The number of anilines is 6. The second-order valence-corrected chi connectivity index (χ2v) is 8.96. The van der Waals surface area contributed by atoms with Crippen LogP contribution >= 0.6 is 0 Å². The van der Waals surface area contributed by atoms with Crippen molar-refractivity contribution in [3.8, 4) is 11.5 Å². The third-order valence-electron chi connectivity index (χ3n) is 6.81. The third kappa shape index (κ3) is 3.08. The lowest BCUT2D eigenvalue weighted by Gasteiger charge is -2.40. The summed E-state index contributed by atoms with van der Waals surface area (Å²) in [7, 11) is -0.260. The number of hydrogen-bond acceptors (Lipinski definition) is 5. The lowest BCUT2D eigenvalue weighted by molar-refractivity contribution is 0.484. The van der Waals surface area contributed by atoms with Crippen LogP contribution in [0.15, 0.2) is 121 Å². The number of aryl methyl sites for hydroxylation is 1. The second-order valence-electron chi connectivity index (χ2n) is 8.96. The molecule has 0 saturated heterocycles. The van der Waals surface area contributed by atoms with Crippen molar-refractivity contribution in [1.82, 2.24) is 4.98 Å². The van der Waals surface area contributed by atoms with E-state index in [0.717, 1.165) is 45.8 Å². The molecule has 0 saturated carbocycles. The Morgan fingerprint density at radius 3 is 1.94 bits per heavy atom. The molecule has 0 N–H and O–H groups in total. The molecule has 3 heterocycles. The number of ether oxygens (including phenoxy) is 1. The molecule has 5 aromatic rings. The fourth-order valence-electron chi connectivity index (χ4n) is 5.31. The van der Waals surface area contributed by atoms with Crippen LogP contribution in [0.25, 0.3) is 0 Å². The van der Waals surface area contributed by atoms with Gasteiger partial charge in [-0.2, -0.15) is 0 Å². The highest BCUT2D eigenvalue weighted by Crippen LogP contribution is 2.54. The summed E-state index contributed by atoms with van der Waals surface area (Å²) in [5, 5.41) is 0. The van der Waals surface area contributed by atoms with Crippen molar-refractivity contribution in [2.24, 2.45) is 0 Å². The van der Waals surface area contributed by atoms with E-state index >= 15 is 0 Å². The molecule has 4 aromatic carbocycles. The molecule has 7 rings (SSSR count). The van der Waals surface area contributed by atoms with E-state index in [1.54, 1.807) is 0 Å². The quantitative estimate of drug-likeness (QED) is 0.250. The van der Waals surface area contributed by atoms with Crippen LogP contribution in [0.5, 0.6) is 11.5 Å². The summed E-state index contributed by atoms with van der Waals surface area (Å²) in [6.45, 7) is 2.16. The van der Waals surface area contributed by atoms with Crippen LogP contribution in [-0.4, -0.2) is 12.1 Å². The average Bonchev–Trinajstić information content (AvgIpc) is 3.26. The van der Waals surface area contributed by atoms with Crippen LogP contribution in [-0.2, 0) is 0 Å². The van der Waals surface area contributed by atoms with Crippen LogP contribution in [0, 0.1) is 6.92 Å². The highest BCUT2D eigenvalue weighted by molar-refractivity contribution is 6.77. The molecule has 0 radical (unpaired) electrons. The lowest BCUT2D eigenvalue weighted by Crippen LogP contribution is -2.56. The molecule has 1 aromatic heterocycles. The molecule has 0 bridgehead atoms. The summed E-state index contributed by atoms with van der Waals surface area (Å²) in [5.41, 5.74) is 6.49. The molecule has 2 aliphatic rings. The summed E-state index contributed by atoms with van der Waals surface area (Å²) in [6.07, 6.45) is 1.86.